The molecule has 2 heterocycles. The third kappa shape index (κ3) is 3.57. The number of carbonyl (C=O) groups excluding carboxylic acids is 1. The van der Waals surface area contributed by atoms with Gasteiger partial charge in [-0.15, -0.1) is 0 Å². The van der Waals surface area contributed by atoms with Crippen LogP contribution in [-0.2, 0) is 6.54 Å². The largest absolute Gasteiger partial charge is 0.497 e. The maximum atomic E-state index is 12.4. The van der Waals surface area contributed by atoms with Crippen LogP contribution in [0.3, 0.4) is 0 Å². The van der Waals surface area contributed by atoms with E-state index in [1.165, 1.54) is 12.5 Å². The molecule has 1 aromatic carbocycles. The van der Waals surface area contributed by atoms with Gasteiger partial charge in [0.2, 0.25) is 5.89 Å². The lowest BCUT2D eigenvalue weighted by molar-refractivity contribution is 0.0946. The van der Waals surface area contributed by atoms with Crippen LogP contribution in [0.4, 0.5) is 5.82 Å². The number of aromatic nitrogens is 3. The molecule has 1 amide bonds. The van der Waals surface area contributed by atoms with Gasteiger partial charge in [0, 0.05) is 6.54 Å². The zero-order valence-corrected chi connectivity index (χ0v) is 13.8. The van der Waals surface area contributed by atoms with E-state index in [9.17, 15) is 4.79 Å². The van der Waals surface area contributed by atoms with Crippen LogP contribution in [0.2, 0.25) is 0 Å². The number of ether oxygens (including phenoxy) is 1. The monoisotopic (exact) mass is 339 g/mol. The highest BCUT2D eigenvalue weighted by molar-refractivity contribution is 5.96. The molecular formula is C17H17N5O3. The third-order valence-electron chi connectivity index (χ3n) is 3.56. The van der Waals surface area contributed by atoms with Crippen molar-refractivity contribution in [2.45, 2.75) is 13.5 Å². The van der Waals surface area contributed by atoms with Crippen LogP contribution in [0, 0.1) is 6.92 Å². The van der Waals surface area contributed by atoms with E-state index in [0.717, 1.165) is 11.3 Å². The van der Waals surface area contributed by atoms with Crippen molar-refractivity contribution in [2.24, 2.45) is 0 Å². The third-order valence-corrected chi connectivity index (χ3v) is 3.56. The molecule has 8 nitrogen and oxygen atoms in total. The van der Waals surface area contributed by atoms with E-state index in [4.69, 9.17) is 14.9 Å². The molecule has 0 spiro atoms. The number of carbonyl (C=O) groups is 1. The van der Waals surface area contributed by atoms with Crippen LogP contribution in [0.1, 0.15) is 21.7 Å². The maximum Gasteiger partial charge on any atom is 0.273 e. The predicted molar refractivity (Wildman–Crippen MR) is 90.8 cm³/mol. The molecule has 8 heteroatoms. The number of nitrogens with zero attached hydrogens (tertiary/aromatic N) is 3. The van der Waals surface area contributed by atoms with Gasteiger partial charge in [0.05, 0.1) is 19.0 Å². The van der Waals surface area contributed by atoms with Gasteiger partial charge in [-0.1, -0.05) is 12.1 Å². The van der Waals surface area contributed by atoms with Crippen molar-refractivity contribution < 1.29 is 13.9 Å². The minimum atomic E-state index is -0.400. The Hall–Kier alpha value is -3.42. The van der Waals surface area contributed by atoms with Gasteiger partial charge in [0.15, 0.2) is 11.5 Å². The van der Waals surface area contributed by atoms with Crippen molar-refractivity contribution in [1.29, 1.82) is 0 Å². The van der Waals surface area contributed by atoms with Gasteiger partial charge in [-0.05, 0) is 24.6 Å². The highest BCUT2D eigenvalue weighted by atomic mass is 16.5. The molecule has 0 aliphatic heterocycles. The lowest BCUT2D eigenvalue weighted by atomic mass is 10.2. The summed E-state index contributed by atoms with van der Waals surface area (Å²) in [7, 11) is 1.60. The molecule has 3 rings (SSSR count). The molecule has 0 fully saturated rings. The van der Waals surface area contributed by atoms with Crippen molar-refractivity contribution in [3.8, 4) is 17.3 Å². The Morgan fingerprint density at radius 3 is 2.68 bits per heavy atom. The molecule has 0 aliphatic rings. The van der Waals surface area contributed by atoms with Gasteiger partial charge in [0.1, 0.15) is 17.7 Å². The van der Waals surface area contributed by atoms with E-state index in [1.807, 2.05) is 24.3 Å². The number of methoxy groups -OCH3 is 1. The number of oxazole rings is 1. The highest BCUT2D eigenvalue weighted by Gasteiger charge is 2.18. The molecule has 0 saturated carbocycles. The Balaban J connectivity index is 1.74. The van der Waals surface area contributed by atoms with Crippen molar-refractivity contribution in [3.63, 3.8) is 0 Å². The number of anilines is 1. The van der Waals surface area contributed by atoms with Crippen LogP contribution < -0.4 is 15.8 Å². The number of nitrogens with one attached hydrogen (secondary N) is 1. The van der Waals surface area contributed by atoms with Crippen LogP contribution in [0.25, 0.3) is 11.6 Å². The SMILES string of the molecule is COc1ccc(CNC(=O)c2nc(C)c(-c3ncco3)nc2N)cc1. The van der Waals surface area contributed by atoms with Gasteiger partial charge in [-0.25, -0.2) is 15.0 Å². The molecule has 0 aliphatic carbocycles. The lowest BCUT2D eigenvalue weighted by Gasteiger charge is -2.09. The number of hydrogen-bond donors (Lipinski definition) is 2. The van der Waals surface area contributed by atoms with E-state index in [0.29, 0.717) is 23.8 Å². The molecule has 128 valence electrons. The first-order valence-corrected chi connectivity index (χ1v) is 7.53. The molecule has 0 atom stereocenters. The summed E-state index contributed by atoms with van der Waals surface area (Å²) < 4.78 is 10.3. The maximum absolute atomic E-state index is 12.4. The number of amides is 1. The van der Waals surface area contributed by atoms with Gasteiger partial charge in [-0.3, -0.25) is 4.79 Å². The first-order valence-electron chi connectivity index (χ1n) is 7.53. The van der Waals surface area contributed by atoms with Gasteiger partial charge >= 0.3 is 0 Å². The fourth-order valence-corrected chi connectivity index (χ4v) is 2.25. The van der Waals surface area contributed by atoms with E-state index in [1.54, 1.807) is 14.0 Å². The summed E-state index contributed by atoms with van der Waals surface area (Å²) in [4.78, 5) is 24.8. The van der Waals surface area contributed by atoms with E-state index in [-0.39, 0.29) is 11.5 Å². The topological polar surface area (TPSA) is 116 Å². The average molecular weight is 339 g/mol. The summed E-state index contributed by atoms with van der Waals surface area (Å²) >= 11 is 0. The number of hydrogen-bond acceptors (Lipinski definition) is 7. The molecule has 0 bridgehead atoms. The minimum absolute atomic E-state index is 0.0195. The van der Waals surface area contributed by atoms with E-state index < -0.39 is 5.91 Å². The predicted octanol–water partition coefficient (Wildman–Crippen LogP) is 1.96. The second kappa shape index (κ2) is 7.00. The number of aryl methyl sites for hydroxylation is 1. The van der Waals surface area contributed by atoms with Crippen LogP contribution in [-0.4, -0.2) is 28.0 Å². The quantitative estimate of drug-likeness (QED) is 0.730. The van der Waals surface area contributed by atoms with Gasteiger partial charge in [-0.2, -0.15) is 0 Å². The number of nitrogen functional groups attached to an aromatic ring is 1. The molecule has 3 aromatic rings. The zero-order valence-electron chi connectivity index (χ0n) is 13.8. The standard InChI is InChI=1S/C17H17N5O3/c1-10-13(17-19-7-8-25-17)22-15(18)14(21-10)16(23)20-9-11-3-5-12(24-2)6-4-11/h3-8H,9H2,1-2H3,(H2,18,22)(H,20,23). The Bertz CT molecular complexity index is 876. The molecule has 3 N–H and O–H groups in total. The Labute approximate surface area is 144 Å². The number of benzene rings is 1. The highest BCUT2D eigenvalue weighted by Crippen LogP contribution is 2.20. The summed E-state index contributed by atoms with van der Waals surface area (Å²) in [5, 5.41) is 2.77. The Morgan fingerprint density at radius 2 is 2.04 bits per heavy atom. The van der Waals surface area contributed by atoms with Crippen LogP contribution in [0.15, 0.2) is 41.1 Å². The first-order chi connectivity index (χ1) is 12.1. The van der Waals surface area contributed by atoms with Crippen molar-refractivity contribution in [1.82, 2.24) is 20.3 Å². The van der Waals surface area contributed by atoms with Crippen molar-refractivity contribution >= 4 is 11.7 Å². The number of nitrogens with two attached hydrogens (primary N) is 1. The van der Waals surface area contributed by atoms with E-state index in [2.05, 4.69) is 20.3 Å². The minimum Gasteiger partial charge on any atom is -0.497 e. The summed E-state index contributed by atoms with van der Waals surface area (Å²) in [6.07, 6.45) is 2.93. The van der Waals surface area contributed by atoms with Crippen molar-refractivity contribution in [3.05, 3.63) is 53.7 Å². The Kier molecular flexibility index (Phi) is 4.60. The second-order valence-corrected chi connectivity index (χ2v) is 5.26. The molecule has 25 heavy (non-hydrogen) atoms. The van der Waals surface area contributed by atoms with Gasteiger partial charge in [0.25, 0.3) is 5.91 Å². The molecule has 0 saturated heterocycles. The summed E-state index contributed by atoms with van der Waals surface area (Å²) in [6.45, 7) is 2.05. The zero-order chi connectivity index (χ0) is 17.8. The second-order valence-electron chi connectivity index (χ2n) is 5.26. The molecule has 2 aromatic heterocycles. The summed E-state index contributed by atoms with van der Waals surface area (Å²) in [6, 6.07) is 7.38. The fourth-order valence-electron chi connectivity index (χ4n) is 2.25. The van der Waals surface area contributed by atoms with Crippen molar-refractivity contribution in [2.75, 3.05) is 12.8 Å². The summed E-state index contributed by atoms with van der Waals surface area (Å²) in [5.74, 6) is 0.679. The normalized spacial score (nSPS) is 10.5. The number of rotatable bonds is 5. The summed E-state index contributed by atoms with van der Waals surface area (Å²) in [5.41, 5.74) is 7.80. The van der Waals surface area contributed by atoms with E-state index >= 15 is 0 Å². The molecule has 0 radical (unpaired) electrons. The average Bonchev–Trinajstić information content (AvgIpc) is 3.16. The smallest absolute Gasteiger partial charge is 0.273 e. The Morgan fingerprint density at radius 1 is 1.28 bits per heavy atom. The lowest BCUT2D eigenvalue weighted by Crippen LogP contribution is -2.26. The molecule has 0 unspecified atom stereocenters. The van der Waals surface area contributed by atoms with Crippen LogP contribution >= 0.6 is 0 Å². The van der Waals surface area contributed by atoms with Gasteiger partial charge < -0.3 is 20.2 Å². The van der Waals surface area contributed by atoms with Crippen LogP contribution in [0.5, 0.6) is 5.75 Å². The fraction of sp³-hybridized carbons (Fsp3) is 0.176. The first kappa shape index (κ1) is 16.4. The molecular weight excluding hydrogens is 322 g/mol.